The number of hydrogen-bond donors (Lipinski definition) is 1. The molecule has 2 amide bonds. The monoisotopic (exact) mass is 375 g/mol. The highest BCUT2D eigenvalue weighted by Gasteiger charge is 2.25. The van der Waals surface area contributed by atoms with Crippen molar-refractivity contribution in [3.8, 4) is 17.2 Å². The summed E-state index contributed by atoms with van der Waals surface area (Å²) in [5, 5.41) is 11.7. The number of hydrogen-bond acceptors (Lipinski definition) is 3. The average Bonchev–Trinajstić information content (AvgIpc) is 2.73. The molecular formula is C23H25N3O2. The molecule has 0 unspecified atom stereocenters. The van der Waals surface area contributed by atoms with Crippen LogP contribution in [0.4, 0.5) is 0 Å². The summed E-state index contributed by atoms with van der Waals surface area (Å²) in [6, 6.07) is 15.4. The van der Waals surface area contributed by atoms with Crippen molar-refractivity contribution >= 4 is 11.8 Å². The van der Waals surface area contributed by atoms with E-state index >= 15 is 0 Å². The second kappa shape index (κ2) is 8.71. The first-order valence-corrected chi connectivity index (χ1v) is 9.63. The summed E-state index contributed by atoms with van der Waals surface area (Å²) < 4.78 is 0. The summed E-state index contributed by atoms with van der Waals surface area (Å²) in [7, 11) is 1.66. The smallest absolute Gasteiger partial charge is 0.253 e. The van der Waals surface area contributed by atoms with Gasteiger partial charge >= 0.3 is 0 Å². The summed E-state index contributed by atoms with van der Waals surface area (Å²) >= 11 is 0. The number of benzene rings is 2. The number of nitriles is 1. The Balaban J connectivity index is 1.72. The fourth-order valence-corrected chi connectivity index (χ4v) is 3.76. The second-order valence-electron chi connectivity index (χ2n) is 7.34. The van der Waals surface area contributed by atoms with E-state index in [1.54, 1.807) is 13.1 Å². The second-order valence-corrected chi connectivity index (χ2v) is 7.34. The average molecular weight is 375 g/mol. The first kappa shape index (κ1) is 19.6. The Hall–Kier alpha value is -3.13. The summed E-state index contributed by atoms with van der Waals surface area (Å²) in [6.45, 7) is 3.34. The topological polar surface area (TPSA) is 73.2 Å². The molecule has 28 heavy (non-hydrogen) atoms. The summed E-state index contributed by atoms with van der Waals surface area (Å²) in [5.74, 6) is 0.443. The van der Waals surface area contributed by atoms with Crippen LogP contribution in [0.2, 0.25) is 0 Å². The Kier molecular flexibility index (Phi) is 6.10. The van der Waals surface area contributed by atoms with Gasteiger partial charge in [0, 0.05) is 32.1 Å². The summed E-state index contributed by atoms with van der Waals surface area (Å²) in [4.78, 5) is 26.4. The van der Waals surface area contributed by atoms with Gasteiger partial charge in [0.15, 0.2) is 0 Å². The van der Waals surface area contributed by atoms with E-state index in [0.717, 1.165) is 29.5 Å². The van der Waals surface area contributed by atoms with Crippen LogP contribution in [-0.2, 0) is 4.79 Å². The van der Waals surface area contributed by atoms with E-state index in [1.807, 2.05) is 48.2 Å². The normalized spacial score (nSPS) is 14.4. The molecular weight excluding hydrogens is 350 g/mol. The lowest BCUT2D eigenvalue weighted by molar-refractivity contribution is -0.121. The first-order valence-electron chi connectivity index (χ1n) is 9.63. The Morgan fingerprint density at radius 3 is 2.57 bits per heavy atom. The van der Waals surface area contributed by atoms with Gasteiger partial charge in [-0.15, -0.1) is 0 Å². The number of aryl methyl sites for hydroxylation is 1. The Morgan fingerprint density at radius 2 is 1.93 bits per heavy atom. The Morgan fingerprint density at radius 1 is 1.18 bits per heavy atom. The number of rotatable bonds is 4. The zero-order valence-corrected chi connectivity index (χ0v) is 16.4. The molecule has 144 valence electrons. The van der Waals surface area contributed by atoms with Gasteiger partial charge in [-0.3, -0.25) is 9.59 Å². The fourth-order valence-electron chi connectivity index (χ4n) is 3.76. The third-order valence-electron chi connectivity index (χ3n) is 5.43. The van der Waals surface area contributed by atoms with E-state index in [9.17, 15) is 9.59 Å². The van der Waals surface area contributed by atoms with Crippen molar-refractivity contribution in [1.82, 2.24) is 10.2 Å². The van der Waals surface area contributed by atoms with Crippen molar-refractivity contribution in [1.29, 1.82) is 5.26 Å². The number of amides is 2. The van der Waals surface area contributed by atoms with Crippen LogP contribution in [0.5, 0.6) is 0 Å². The molecule has 5 heteroatoms. The van der Waals surface area contributed by atoms with E-state index in [1.165, 1.54) is 0 Å². The first-order chi connectivity index (χ1) is 13.5. The number of nitrogens with zero attached hydrogens (tertiary/aromatic N) is 2. The molecule has 2 aromatic rings. The third-order valence-corrected chi connectivity index (χ3v) is 5.43. The van der Waals surface area contributed by atoms with Crippen molar-refractivity contribution in [2.24, 2.45) is 5.92 Å². The maximum absolute atomic E-state index is 13.0. The minimum atomic E-state index is 0.0338. The number of carbonyl (C=O) groups excluding carboxylic acids is 2. The molecule has 0 radical (unpaired) electrons. The van der Waals surface area contributed by atoms with E-state index in [2.05, 4.69) is 11.4 Å². The van der Waals surface area contributed by atoms with Crippen molar-refractivity contribution < 1.29 is 9.59 Å². The van der Waals surface area contributed by atoms with Crippen LogP contribution in [0.15, 0.2) is 42.5 Å². The van der Waals surface area contributed by atoms with Crippen LogP contribution >= 0.6 is 0 Å². The van der Waals surface area contributed by atoms with Gasteiger partial charge in [-0.25, -0.2) is 0 Å². The van der Waals surface area contributed by atoms with Crippen molar-refractivity contribution in [2.75, 3.05) is 20.1 Å². The van der Waals surface area contributed by atoms with Gasteiger partial charge in [0.25, 0.3) is 5.91 Å². The minimum Gasteiger partial charge on any atom is -0.359 e. The van der Waals surface area contributed by atoms with Crippen LogP contribution in [-0.4, -0.2) is 36.9 Å². The van der Waals surface area contributed by atoms with Crippen molar-refractivity contribution in [3.63, 3.8) is 0 Å². The van der Waals surface area contributed by atoms with Crippen LogP contribution in [0.25, 0.3) is 11.1 Å². The van der Waals surface area contributed by atoms with Crippen molar-refractivity contribution in [2.45, 2.75) is 26.2 Å². The summed E-state index contributed by atoms with van der Waals surface area (Å²) in [5.41, 5.74) is 4.32. The number of piperidine rings is 1. The van der Waals surface area contributed by atoms with Gasteiger partial charge in [0.2, 0.25) is 5.91 Å². The lowest BCUT2D eigenvalue weighted by Crippen LogP contribution is -2.39. The number of nitrogens with one attached hydrogen (secondary N) is 1. The predicted octanol–water partition coefficient (Wildman–Crippen LogP) is 3.52. The molecule has 0 bridgehead atoms. The van der Waals surface area contributed by atoms with Crippen LogP contribution in [0, 0.1) is 24.2 Å². The van der Waals surface area contributed by atoms with E-state index in [4.69, 9.17) is 5.26 Å². The largest absolute Gasteiger partial charge is 0.359 e. The minimum absolute atomic E-state index is 0.0338. The zero-order valence-electron chi connectivity index (χ0n) is 16.4. The lowest BCUT2D eigenvalue weighted by Gasteiger charge is -2.31. The van der Waals surface area contributed by atoms with Gasteiger partial charge in [-0.2, -0.15) is 5.26 Å². The van der Waals surface area contributed by atoms with Gasteiger partial charge in [-0.1, -0.05) is 18.2 Å². The highest BCUT2D eigenvalue weighted by molar-refractivity contribution is 5.95. The molecule has 0 atom stereocenters. The van der Waals surface area contributed by atoms with E-state index in [0.29, 0.717) is 36.6 Å². The molecule has 1 heterocycles. The SMILES string of the molecule is CNC(=O)CC1CCN(C(=O)c2cccc(-c3ccc(C#N)cc3C)c2)CC1. The third kappa shape index (κ3) is 4.40. The molecule has 0 saturated carbocycles. The quantitative estimate of drug-likeness (QED) is 0.888. The lowest BCUT2D eigenvalue weighted by atomic mass is 9.92. The zero-order chi connectivity index (χ0) is 20.1. The number of likely N-dealkylation sites (tertiary alicyclic amines) is 1. The van der Waals surface area contributed by atoms with Crippen LogP contribution in [0.1, 0.15) is 40.7 Å². The van der Waals surface area contributed by atoms with Crippen LogP contribution < -0.4 is 5.32 Å². The molecule has 1 N–H and O–H groups in total. The van der Waals surface area contributed by atoms with Crippen LogP contribution in [0.3, 0.4) is 0 Å². The highest BCUT2D eigenvalue weighted by Crippen LogP contribution is 2.27. The fraction of sp³-hybridized carbons (Fsp3) is 0.348. The van der Waals surface area contributed by atoms with Gasteiger partial charge in [0.1, 0.15) is 0 Å². The molecule has 2 aromatic carbocycles. The molecule has 1 aliphatic rings. The predicted molar refractivity (Wildman–Crippen MR) is 109 cm³/mol. The Bertz CT molecular complexity index is 922. The number of carbonyl (C=O) groups is 2. The maximum Gasteiger partial charge on any atom is 0.253 e. The highest BCUT2D eigenvalue weighted by atomic mass is 16.2. The molecule has 0 aliphatic carbocycles. The van der Waals surface area contributed by atoms with E-state index in [-0.39, 0.29) is 11.8 Å². The maximum atomic E-state index is 13.0. The molecule has 1 fully saturated rings. The molecule has 0 spiro atoms. The molecule has 5 nitrogen and oxygen atoms in total. The summed E-state index contributed by atoms with van der Waals surface area (Å²) in [6.07, 6.45) is 2.24. The van der Waals surface area contributed by atoms with Gasteiger partial charge in [-0.05, 0) is 66.6 Å². The van der Waals surface area contributed by atoms with Gasteiger partial charge in [0.05, 0.1) is 11.6 Å². The molecule has 1 saturated heterocycles. The Labute approximate surface area is 166 Å². The molecule has 0 aromatic heterocycles. The molecule has 3 rings (SSSR count). The van der Waals surface area contributed by atoms with Gasteiger partial charge < -0.3 is 10.2 Å². The standard InChI is InChI=1S/C23H25N3O2/c1-16-12-18(15-24)6-7-21(16)19-4-3-5-20(14-19)23(28)26-10-8-17(9-11-26)13-22(27)25-2/h3-7,12,14,17H,8-11,13H2,1-2H3,(H,25,27). The van der Waals surface area contributed by atoms with Crippen molar-refractivity contribution in [3.05, 3.63) is 59.2 Å². The molecule has 1 aliphatic heterocycles. The van der Waals surface area contributed by atoms with E-state index < -0.39 is 0 Å².